The summed E-state index contributed by atoms with van der Waals surface area (Å²) in [5.74, 6) is -0.630. The lowest BCUT2D eigenvalue weighted by Gasteiger charge is -2.09. The van der Waals surface area contributed by atoms with Crippen molar-refractivity contribution in [1.82, 2.24) is 0 Å². The standard InChI is InChI=1S/C7H5ClFNO2S/c8-7(10)5-3-4(9)1-2-6(5)13(11)12/h1-3,10H,(H,11,12)/p-1. The van der Waals surface area contributed by atoms with Crippen LogP contribution < -0.4 is 0 Å². The van der Waals surface area contributed by atoms with Crippen LogP contribution in [0.5, 0.6) is 0 Å². The summed E-state index contributed by atoms with van der Waals surface area (Å²) in [4.78, 5) is -0.179. The Kier molecular flexibility index (Phi) is 3.13. The van der Waals surface area contributed by atoms with Gasteiger partial charge in [-0.25, -0.2) is 4.39 Å². The summed E-state index contributed by atoms with van der Waals surface area (Å²) in [6.45, 7) is 0. The molecule has 0 aromatic heterocycles. The monoisotopic (exact) mass is 220 g/mol. The predicted molar refractivity (Wildman–Crippen MR) is 46.3 cm³/mol. The van der Waals surface area contributed by atoms with Crippen LogP contribution in [-0.4, -0.2) is 13.9 Å². The van der Waals surface area contributed by atoms with E-state index in [-0.39, 0.29) is 10.5 Å². The fourth-order valence-corrected chi connectivity index (χ4v) is 1.55. The van der Waals surface area contributed by atoms with Crippen LogP contribution in [0.1, 0.15) is 5.56 Å². The number of hydrogen-bond donors (Lipinski definition) is 1. The van der Waals surface area contributed by atoms with E-state index in [2.05, 4.69) is 0 Å². The molecule has 13 heavy (non-hydrogen) atoms. The summed E-state index contributed by atoms with van der Waals surface area (Å²) in [7, 11) is 0. The minimum absolute atomic E-state index is 0.130. The first kappa shape index (κ1) is 10.3. The second-order valence-electron chi connectivity index (χ2n) is 2.19. The molecular weight excluding hydrogens is 217 g/mol. The fourth-order valence-electron chi connectivity index (χ4n) is 0.819. The Morgan fingerprint density at radius 3 is 2.69 bits per heavy atom. The zero-order valence-electron chi connectivity index (χ0n) is 6.21. The number of halogens is 2. The van der Waals surface area contributed by atoms with E-state index >= 15 is 0 Å². The highest BCUT2D eigenvalue weighted by Crippen LogP contribution is 2.16. The summed E-state index contributed by atoms with van der Waals surface area (Å²) in [6, 6.07) is 2.96. The zero-order valence-corrected chi connectivity index (χ0v) is 7.79. The molecule has 0 aliphatic heterocycles. The van der Waals surface area contributed by atoms with E-state index in [1.165, 1.54) is 0 Å². The van der Waals surface area contributed by atoms with Crippen LogP contribution in [0, 0.1) is 11.2 Å². The van der Waals surface area contributed by atoms with E-state index in [1.807, 2.05) is 0 Å². The second kappa shape index (κ2) is 3.95. The number of benzene rings is 1. The lowest BCUT2D eigenvalue weighted by molar-refractivity contribution is 0.536. The minimum Gasteiger partial charge on any atom is -0.768 e. The molecule has 1 atom stereocenters. The number of hydrogen-bond acceptors (Lipinski definition) is 3. The molecule has 0 saturated heterocycles. The Hall–Kier alpha value is -0.780. The largest absolute Gasteiger partial charge is 0.768 e. The van der Waals surface area contributed by atoms with Crippen molar-refractivity contribution >= 4 is 27.9 Å². The predicted octanol–water partition coefficient (Wildman–Crippen LogP) is 1.63. The van der Waals surface area contributed by atoms with Gasteiger partial charge in [0.05, 0.1) is 0 Å². The van der Waals surface area contributed by atoms with E-state index < -0.39 is 22.1 Å². The van der Waals surface area contributed by atoms with E-state index in [9.17, 15) is 13.2 Å². The number of nitrogens with one attached hydrogen (secondary N) is 1. The van der Waals surface area contributed by atoms with E-state index in [0.717, 1.165) is 18.2 Å². The van der Waals surface area contributed by atoms with Crippen LogP contribution in [0.2, 0.25) is 0 Å². The van der Waals surface area contributed by atoms with Gasteiger partial charge in [0.15, 0.2) is 0 Å². The Morgan fingerprint density at radius 2 is 2.23 bits per heavy atom. The highest BCUT2D eigenvalue weighted by atomic mass is 35.5. The molecule has 1 N–H and O–H groups in total. The highest BCUT2D eigenvalue weighted by molar-refractivity contribution is 7.79. The molecule has 0 heterocycles. The topological polar surface area (TPSA) is 64.0 Å². The Morgan fingerprint density at radius 1 is 1.62 bits per heavy atom. The van der Waals surface area contributed by atoms with Crippen LogP contribution in [0.25, 0.3) is 0 Å². The normalized spacial score (nSPS) is 12.5. The Labute approximate surface area is 81.3 Å². The summed E-state index contributed by atoms with van der Waals surface area (Å²) in [5, 5.41) is 6.49. The van der Waals surface area contributed by atoms with Crippen LogP contribution in [0.3, 0.4) is 0 Å². The first-order valence-electron chi connectivity index (χ1n) is 3.15. The third kappa shape index (κ3) is 2.33. The van der Waals surface area contributed by atoms with Gasteiger partial charge in [0.2, 0.25) is 0 Å². The molecule has 0 spiro atoms. The van der Waals surface area contributed by atoms with Crippen LogP contribution >= 0.6 is 11.6 Å². The van der Waals surface area contributed by atoms with Crippen LogP contribution in [0.4, 0.5) is 4.39 Å². The quantitative estimate of drug-likeness (QED) is 0.608. The van der Waals surface area contributed by atoms with Gasteiger partial charge >= 0.3 is 0 Å². The van der Waals surface area contributed by atoms with E-state index in [0.29, 0.717) is 0 Å². The molecule has 1 aromatic rings. The average molecular weight is 221 g/mol. The summed E-state index contributed by atoms with van der Waals surface area (Å²) in [6.07, 6.45) is 0. The molecule has 0 aliphatic carbocycles. The molecule has 6 heteroatoms. The van der Waals surface area contributed by atoms with E-state index in [4.69, 9.17) is 17.0 Å². The lowest BCUT2D eigenvalue weighted by atomic mass is 10.2. The van der Waals surface area contributed by atoms with Crippen molar-refractivity contribution in [2.45, 2.75) is 4.90 Å². The molecule has 1 aromatic carbocycles. The maximum absolute atomic E-state index is 12.6. The van der Waals surface area contributed by atoms with Crippen LogP contribution in [-0.2, 0) is 11.1 Å². The van der Waals surface area contributed by atoms with Crippen molar-refractivity contribution in [3.8, 4) is 0 Å². The van der Waals surface area contributed by atoms with Crippen molar-refractivity contribution in [3.05, 3.63) is 29.6 Å². The summed E-state index contributed by atoms with van der Waals surface area (Å²) in [5.41, 5.74) is -0.130. The molecule has 0 amide bonds. The molecule has 1 unspecified atom stereocenters. The first-order chi connectivity index (χ1) is 6.02. The molecule has 0 bridgehead atoms. The van der Waals surface area contributed by atoms with Crippen molar-refractivity contribution < 1.29 is 13.2 Å². The fraction of sp³-hybridized carbons (Fsp3) is 0. The van der Waals surface area contributed by atoms with Gasteiger partial charge in [0, 0.05) is 10.5 Å². The third-order valence-corrected chi connectivity index (χ3v) is 2.28. The Balaban J connectivity index is 3.35. The van der Waals surface area contributed by atoms with Gasteiger partial charge < -0.3 is 4.55 Å². The lowest BCUT2D eigenvalue weighted by Crippen LogP contribution is -2.00. The zero-order chi connectivity index (χ0) is 10.0. The molecule has 0 saturated carbocycles. The maximum atomic E-state index is 12.6. The van der Waals surface area contributed by atoms with Gasteiger partial charge in [-0.05, 0) is 29.3 Å². The molecular formula is C7H4ClFNO2S-. The summed E-state index contributed by atoms with van der Waals surface area (Å²) >= 11 is 2.76. The molecule has 3 nitrogen and oxygen atoms in total. The maximum Gasteiger partial charge on any atom is 0.129 e. The van der Waals surface area contributed by atoms with Gasteiger partial charge in [0.25, 0.3) is 0 Å². The average Bonchev–Trinajstić information content (AvgIpc) is 2.03. The molecule has 0 aliphatic rings. The SMILES string of the molecule is N=C(Cl)c1cc(F)ccc1S(=O)[O-]. The highest BCUT2D eigenvalue weighted by Gasteiger charge is 2.07. The minimum atomic E-state index is -2.51. The smallest absolute Gasteiger partial charge is 0.129 e. The molecule has 0 radical (unpaired) electrons. The van der Waals surface area contributed by atoms with Gasteiger partial charge in [-0.2, -0.15) is 0 Å². The first-order valence-corrected chi connectivity index (χ1v) is 4.61. The summed E-state index contributed by atoms with van der Waals surface area (Å²) < 4.78 is 33.7. The van der Waals surface area contributed by atoms with Crippen molar-refractivity contribution in [2.24, 2.45) is 0 Å². The van der Waals surface area contributed by atoms with Crippen molar-refractivity contribution in [2.75, 3.05) is 0 Å². The van der Waals surface area contributed by atoms with Gasteiger partial charge in [-0.15, -0.1) is 0 Å². The van der Waals surface area contributed by atoms with Crippen molar-refractivity contribution in [3.63, 3.8) is 0 Å². The Bertz CT molecular complexity index is 383. The third-order valence-electron chi connectivity index (χ3n) is 1.36. The number of rotatable bonds is 2. The van der Waals surface area contributed by atoms with Gasteiger partial charge in [0.1, 0.15) is 11.0 Å². The second-order valence-corrected chi connectivity index (χ2v) is 3.48. The van der Waals surface area contributed by atoms with Crippen LogP contribution in [0.15, 0.2) is 23.1 Å². The molecule has 70 valence electrons. The van der Waals surface area contributed by atoms with Gasteiger partial charge in [-0.3, -0.25) is 9.62 Å². The van der Waals surface area contributed by atoms with Gasteiger partial charge in [-0.1, -0.05) is 11.6 Å². The van der Waals surface area contributed by atoms with Crippen molar-refractivity contribution in [1.29, 1.82) is 5.41 Å². The molecule has 1 rings (SSSR count). The molecule has 0 fully saturated rings. The van der Waals surface area contributed by atoms with E-state index in [1.54, 1.807) is 0 Å².